The van der Waals surface area contributed by atoms with Crippen LogP contribution in [0, 0.1) is 0 Å². The van der Waals surface area contributed by atoms with Gasteiger partial charge >= 0.3 is 10.4 Å². The molecule has 0 radical (unpaired) electrons. The SMILES string of the molecule is CCCCCCCCCCC(COCCOCCO)OS(=O)(=O)O. The first-order valence-corrected chi connectivity index (χ1v) is 10.3. The van der Waals surface area contributed by atoms with E-state index in [9.17, 15) is 8.42 Å². The molecule has 0 rings (SSSR count). The van der Waals surface area contributed by atoms with E-state index in [0.717, 1.165) is 19.3 Å². The number of rotatable bonds is 18. The van der Waals surface area contributed by atoms with Crippen molar-refractivity contribution in [2.45, 2.75) is 70.8 Å². The van der Waals surface area contributed by atoms with Crippen LogP contribution in [0.2, 0.25) is 0 Å². The maximum absolute atomic E-state index is 10.9. The van der Waals surface area contributed by atoms with Gasteiger partial charge < -0.3 is 14.6 Å². The molecule has 0 aromatic carbocycles. The fraction of sp³-hybridized carbons (Fsp3) is 1.00. The summed E-state index contributed by atoms with van der Waals surface area (Å²) in [6.45, 7) is 3.06. The molecule has 0 heterocycles. The van der Waals surface area contributed by atoms with Crippen LogP contribution in [-0.4, -0.2) is 57.2 Å². The van der Waals surface area contributed by atoms with Crippen LogP contribution in [0.25, 0.3) is 0 Å². The molecular weight excluding hydrogens is 336 g/mol. The Hall–Kier alpha value is -0.250. The second-order valence-corrected chi connectivity index (χ2v) is 6.87. The minimum Gasteiger partial charge on any atom is -0.394 e. The third-order valence-electron chi connectivity index (χ3n) is 3.55. The topological polar surface area (TPSA) is 102 Å². The highest BCUT2D eigenvalue weighted by molar-refractivity contribution is 7.80. The van der Waals surface area contributed by atoms with Crippen molar-refractivity contribution in [2.24, 2.45) is 0 Å². The Kier molecular flexibility index (Phi) is 16.1. The number of ether oxygens (including phenoxy) is 2. The van der Waals surface area contributed by atoms with Gasteiger partial charge in [0.25, 0.3) is 0 Å². The van der Waals surface area contributed by atoms with Crippen LogP contribution in [0.5, 0.6) is 0 Å². The average molecular weight is 371 g/mol. The second-order valence-electron chi connectivity index (χ2n) is 5.82. The van der Waals surface area contributed by atoms with Crippen molar-refractivity contribution in [3.63, 3.8) is 0 Å². The Morgan fingerprint density at radius 3 is 2.04 bits per heavy atom. The number of hydrogen-bond donors (Lipinski definition) is 2. The molecule has 0 amide bonds. The lowest BCUT2D eigenvalue weighted by Crippen LogP contribution is -2.24. The molecule has 0 aliphatic rings. The quantitative estimate of drug-likeness (QED) is 0.282. The fourth-order valence-corrected chi connectivity index (χ4v) is 2.83. The van der Waals surface area contributed by atoms with Gasteiger partial charge in [0.15, 0.2) is 0 Å². The zero-order valence-corrected chi connectivity index (χ0v) is 15.6. The summed E-state index contributed by atoms with van der Waals surface area (Å²) in [5, 5.41) is 8.56. The Bertz CT molecular complexity index is 359. The molecule has 0 aromatic heterocycles. The van der Waals surface area contributed by atoms with Crippen LogP contribution >= 0.6 is 0 Å². The minimum atomic E-state index is -4.48. The first-order chi connectivity index (χ1) is 11.5. The van der Waals surface area contributed by atoms with E-state index in [-0.39, 0.29) is 26.4 Å². The second kappa shape index (κ2) is 16.2. The van der Waals surface area contributed by atoms with Gasteiger partial charge in [0.1, 0.15) is 6.10 Å². The van der Waals surface area contributed by atoms with E-state index in [1.165, 1.54) is 32.1 Å². The molecule has 2 N–H and O–H groups in total. The van der Waals surface area contributed by atoms with Gasteiger partial charge in [-0.2, -0.15) is 8.42 Å². The van der Waals surface area contributed by atoms with Crippen molar-refractivity contribution in [1.82, 2.24) is 0 Å². The summed E-state index contributed by atoms with van der Waals surface area (Å²) in [4.78, 5) is 0. The van der Waals surface area contributed by atoms with Crippen molar-refractivity contribution in [3.8, 4) is 0 Å². The van der Waals surface area contributed by atoms with Gasteiger partial charge in [0.05, 0.1) is 33.0 Å². The third kappa shape index (κ3) is 18.1. The molecule has 0 spiro atoms. The molecular formula is C16H34O7S. The molecule has 146 valence electrons. The van der Waals surface area contributed by atoms with Crippen molar-refractivity contribution < 1.29 is 31.7 Å². The molecule has 0 bridgehead atoms. The van der Waals surface area contributed by atoms with Gasteiger partial charge in [0.2, 0.25) is 0 Å². The normalized spacial score (nSPS) is 13.3. The minimum absolute atomic E-state index is 0.0487. The molecule has 0 fully saturated rings. The Morgan fingerprint density at radius 1 is 0.875 bits per heavy atom. The molecule has 8 heteroatoms. The van der Waals surface area contributed by atoms with E-state index in [1.54, 1.807) is 0 Å². The standard InChI is InChI=1S/C16H34O7S/c1-2-3-4-5-6-7-8-9-10-16(23-24(18,19)20)15-22-14-13-21-12-11-17/h16-17H,2-15H2,1H3,(H,18,19,20). The van der Waals surface area contributed by atoms with E-state index in [4.69, 9.17) is 19.1 Å². The first-order valence-electron chi connectivity index (χ1n) is 8.91. The lowest BCUT2D eigenvalue weighted by Gasteiger charge is -2.15. The number of aliphatic hydroxyl groups excluding tert-OH is 1. The molecule has 1 unspecified atom stereocenters. The number of aliphatic hydroxyl groups is 1. The maximum atomic E-state index is 10.9. The molecule has 0 saturated carbocycles. The molecule has 1 atom stereocenters. The highest BCUT2D eigenvalue weighted by Gasteiger charge is 2.17. The molecule has 0 aliphatic heterocycles. The summed E-state index contributed by atoms with van der Waals surface area (Å²) >= 11 is 0. The van der Waals surface area contributed by atoms with E-state index in [1.807, 2.05) is 0 Å². The fourth-order valence-electron chi connectivity index (χ4n) is 2.34. The summed E-state index contributed by atoms with van der Waals surface area (Å²) in [5.41, 5.74) is 0. The van der Waals surface area contributed by atoms with E-state index in [2.05, 4.69) is 11.1 Å². The van der Waals surface area contributed by atoms with E-state index >= 15 is 0 Å². The first kappa shape index (κ1) is 23.8. The van der Waals surface area contributed by atoms with Crippen LogP contribution in [0.15, 0.2) is 0 Å². The molecule has 0 aromatic rings. The zero-order valence-electron chi connectivity index (χ0n) is 14.8. The van der Waals surface area contributed by atoms with Crippen LogP contribution in [-0.2, 0) is 24.1 Å². The summed E-state index contributed by atoms with van der Waals surface area (Å²) in [6, 6.07) is 0. The predicted octanol–water partition coefficient (Wildman–Crippen LogP) is 2.73. The van der Waals surface area contributed by atoms with Crippen LogP contribution in [0.3, 0.4) is 0 Å². The van der Waals surface area contributed by atoms with Gasteiger partial charge in [0, 0.05) is 0 Å². The molecule has 24 heavy (non-hydrogen) atoms. The summed E-state index contributed by atoms with van der Waals surface area (Å²) in [7, 11) is -4.48. The smallest absolute Gasteiger partial charge is 0.394 e. The molecule has 7 nitrogen and oxygen atoms in total. The van der Waals surface area contributed by atoms with Crippen LogP contribution < -0.4 is 0 Å². The van der Waals surface area contributed by atoms with E-state index < -0.39 is 16.5 Å². The molecule has 0 aliphatic carbocycles. The van der Waals surface area contributed by atoms with Crippen LogP contribution in [0.4, 0.5) is 0 Å². The van der Waals surface area contributed by atoms with Crippen molar-refractivity contribution in [3.05, 3.63) is 0 Å². The van der Waals surface area contributed by atoms with Gasteiger partial charge in [-0.3, -0.25) is 4.55 Å². The lowest BCUT2D eigenvalue weighted by molar-refractivity contribution is 0.00140. The van der Waals surface area contributed by atoms with Crippen molar-refractivity contribution >= 4 is 10.4 Å². The summed E-state index contributed by atoms with van der Waals surface area (Å²) < 4.78 is 45.6. The Morgan fingerprint density at radius 2 is 1.46 bits per heavy atom. The average Bonchev–Trinajstić information content (AvgIpc) is 2.51. The highest BCUT2D eigenvalue weighted by atomic mass is 32.3. The highest BCUT2D eigenvalue weighted by Crippen LogP contribution is 2.13. The maximum Gasteiger partial charge on any atom is 0.397 e. The summed E-state index contributed by atoms with van der Waals surface area (Å²) in [5.74, 6) is 0. The summed E-state index contributed by atoms with van der Waals surface area (Å²) in [6.07, 6.45) is 9.04. The van der Waals surface area contributed by atoms with Gasteiger partial charge in [-0.25, -0.2) is 4.18 Å². The monoisotopic (exact) mass is 370 g/mol. The van der Waals surface area contributed by atoms with Crippen molar-refractivity contribution in [2.75, 3.05) is 33.0 Å². The van der Waals surface area contributed by atoms with Gasteiger partial charge in [-0.05, 0) is 6.42 Å². The van der Waals surface area contributed by atoms with Gasteiger partial charge in [-0.1, -0.05) is 58.3 Å². The largest absolute Gasteiger partial charge is 0.397 e. The molecule has 0 saturated heterocycles. The van der Waals surface area contributed by atoms with E-state index in [0.29, 0.717) is 13.0 Å². The number of unbranched alkanes of at least 4 members (excludes halogenated alkanes) is 7. The zero-order chi connectivity index (χ0) is 18.1. The lowest BCUT2D eigenvalue weighted by atomic mass is 10.1. The van der Waals surface area contributed by atoms with Crippen molar-refractivity contribution in [1.29, 1.82) is 0 Å². The van der Waals surface area contributed by atoms with Gasteiger partial charge in [-0.15, -0.1) is 0 Å². The number of hydrogen-bond acceptors (Lipinski definition) is 6. The Labute approximate surface area is 146 Å². The van der Waals surface area contributed by atoms with Crippen LogP contribution in [0.1, 0.15) is 64.7 Å². The third-order valence-corrected chi connectivity index (χ3v) is 4.06. The Balaban J connectivity index is 3.80. The predicted molar refractivity (Wildman–Crippen MR) is 92.4 cm³/mol.